The van der Waals surface area contributed by atoms with Crippen molar-refractivity contribution >= 4 is 28.3 Å². The predicted octanol–water partition coefficient (Wildman–Crippen LogP) is 2.24. The third-order valence-electron chi connectivity index (χ3n) is 4.02. The summed E-state index contributed by atoms with van der Waals surface area (Å²) < 4.78 is 5.25. The molecule has 0 aliphatic carbocycles. The summed E-state index contributed by atoms with van der Waals surface area (Å²) in [7, 11) is 1.56. The summed E-state index contributed by atoms with van der Waals surface area (Å²) in [4.78, 5) is 28.3. The second-order valence-corrected chi connectivity index (χ2v) is 5.58. The van der Waals surface area contributed by atoms with Crippen LogP contribution >= 0.6 is 0 Å². The van der Waals surface area contributed by atoms with Crippen molar-refractivity contribution < 1.29 is 14.3 Å². The highest BCUT2D eigenvalue weighted by atomic mass is 16.5. The molecule has 0 bridgehead atoms. The van der Waals surface area contributed by atoms with Crippen molar-refractivity contribution in [2.75, 3.05) is 12.4 Å². The topological polar surface area (TPSA) is 80.3 Å². The molecule has 2 N–H and O–H groups in total. The minimum atomic E-state index is -0.482. The molecular formula is C17H19N3O3. The first-order valence-corrected chi connectivity index (χ1v) is 7.71. The molecule has 3 rings (SSSR count). The highest BCUT2D eigenvalue weighted by Crippen LogP contribution is 2.29. The fourth-order valence-electron chi connectivity index (χ4n) is 2.84. The third-order valence-corrected chi connectivity index (χ3v) is 4.02. The van der Waals surface area contributed by atoms with Gasteiger partial charge in [0.1, 0.15) is 6.04 Å². The van der Waals surface area contributed by atoms with Gasteiger partial charge in [-0.3, -0.25) is 9.59 Å². The average molecular weight is 313 g/mol. The van der Waals surface area contributed by atoms with E-state index in [1.165, 1.54) is 0 Å². The number of aromatic nitrogens is 1. The summed E-state index contributed by atoms with van der Waals surface area (Å²) in [5.41, 5.74) is 0.687. The number of nitrogens with one attached hydrogen (secondary N) is 2. The zero-order valence-corrected chi connectivity index (χ0v) is 13.0. The Morgan fingerprint density at radius 2 is 2.17 bits per heavy atom. The van der Waals surface area contributed by atoms with Crippen LogP contribution in [0.15, 0.2) is 30.5 Å². The van der Waals surface area contributed by atoms with Crippen molar-refractivity contribution in [3.05, 3.63) is 30.5 Å². The molecule has 1 fully saturated rings. The van der Waals surface area contributed by atoms with E-state index in [9.17, 15) is 9.59 Å². The molecule has 6 nitrogen and oxygen atoms in total. The van der Waals surface area contributed by atoms with Gasteiger partial charge in [0.25, 0.3) is 0 Å². The van der Waals surface area contributed by atoms with Gasteiger partial charge in [0.05, 0.1) is 7.11 Å². The molecule has 0 radical (unpaired) electrons. The molecule has 2 amide bonds. The third kappa shape index (κ3) is 3.26. The zero-order chi connectivity index (χ0) is 16.2. The van der Waals surface area contributed by atoms with Crippen LogP contribution in [0.3, 0.4) is 0 Å². The Balaban J connectivity index is 1.86. The Bertz CT molecular complexity index is 745. The fourth-order valence-corrected chi connectivity index (χ4v) is 2.84. The summed E-state index contributed by atoms with van der Waals surface area (Å²) in [6, 6.07) is 6.92. The van der Waals surface area contributed by atoms with Gasteiger partial charge < -0.3 is 15.4 Å². The minimum absolute atomic E-state index is 0.0635. The Morgan fingerprint density at radius 1 is 1.30 bits per heavy atom. The molecule has 1 unspecified atom stereocenters. The Morgan fingerprint density at radius 3 is 3.00 bits per heavy atom. The van der Waals surface area contributed by atoms with Gasteiger partial charge in [-0.05, 0) is 31.0 Å². The van der Waals surface area contributed by atoms with Crippen LogP contribution in [0.1, 0.15) is 25.7 Å². The molecule has 0 spiro atoms. The summed E-state index contributed by atoms with van der Waals surface area (Å²) in [5.74, 6) is 0.260. The fraction of sp³-hybridized carbons (Fsp3) is 0.353. The van der Waals surface area contributed by atoms with E-state index < -0.39 is 6.04 Å². The number of amides is 2. The number of carbonyl (C=O) groups is 2. The van der Waals surface area contributed by atoms with Gasteiger partial charge in [0.15, 0.2) is 0 Å². The van der Waals surface area contributed by atoms with Crippen molar-refractivity contribution in [2.45, 2.75) is 31.7 Å². The second-order valence-electron chi connectivity index (χ2n) is 5.58. The zero-order valence-electron chi connectivity index (χ0n) is 13.0. The van der Waals surface area contributed by atoms with Crippen molar-refractivity contribution in [1.29, 1.82) is 0 Å². The van der Waals surface area contributed by atoms with Gasteiger partial charge in [0.2, 0.25) is 17.7 Å². The van der Waals surface area contributed by atoms with Crippen molar-refractivity contribution in [2.24, 2.45) is 0 Å². The smallest absolute Gasteiger partial charge is 0.246 e. The van der Waals surface area contributed by atoms with Gasteiger partial charge in [-0.25, -0.2) is 4.98 Å². The molecule has 1 aliphatic rings. The molecule has 2 heterocycles. The van der Waals surface area contributed by atoms with E-state index in [2.05, 4.69) is 15.6 Å². The molecule has 0 saturated carbocycles. The number of anilines is 1. The van der Waals surface area contributed by atoms with E-state index in [1.54, 1.807) is 13.3 Å². The predicted molar refractivity (Wildman–Crippen MR) is 87.3 cm³/mol. The van der Waals surface area contributed by atoms with E-state index in [0.717, 1.165) is 23.6 Å². The number of hydrogen-bond donors (Lipinski definition) is 2. The van der Waals surface area contributed by atoms with Gasteiger partial charge in [-0.2, -0.15) is 0 Å². The van der Waals surface area contributed by atoms with Crippen molar-refractivity contribution in [1.82, 2.24) is 10.3 Å². The number of hydrogen-bond acceptors (Lipinski definition) is 4. The van der Waals surface area contributed by atoms with Gasteiger partial charge in [-0.15, -0.1) is 0 Å². The van der Waals surface area contributed by atoms with Crippen LogP contribution in [0.2, 0.25) is 0 Å². The molecular weight excluding hydrogens is 294 g/mol. The molecule has 2 aromatic rings. The summed E-state index contributed by atoms with van der Waals surface area (Å²) >= 11 is 0. The lowest BCUT2D eigenvalue weighted by Gasteiger charge is -2.17. The maximum atomic E-state index is 12.5. The molecule has 1 aliphatic heterocycles. The monoisotopic (exact) mass is 313 g/mol. The maximum Gasteiger partial charge on any atom is 0.246 e. The van der Waals surface area contributed by atoms with Crippen LogP contribution in [-0.2, 0) is 9.59 Å². The normalized spacial score (nSPS) is 18.1. The molecule has 6 heteroatoms. The average Bonchev–Trinajstić information content (AvgIpc) is 2.79. The van der Waals surface area contributed by atoms with E-state index in [1.807, 2.05) is 24.3 Å². The number of rotatable bonds is 3. The van der Waals surface area contributed by atoms with Gasteiger partial charge >= 0.3 is 0 Å². The summed E-state index contributed by atoms with van der Waals surface area (Å²) in [6.45, 7) is 0. The Labute approximate surface area is 134 Å². The second kappa shape index (κ2) is 6.64. The number of methoxy groups -OCH3 is 1. The number of fused-ring (bicyclic) bond motifs is 1. The van der Waals surface area contributed by atoms with Gasteiger partial charge in [0, 0.05) is 29.1 Å². The SMILES string of the molecule is COc1nccc2c(NC(=O)C3CCCCC(=O)N3)cccc12. The highest BCUT2D eigenvalue weighted by Gasteiger charge is 2.23. The van der Waals surface area contributed by atoms with Crippen LogP contribution in [0.5, 0.6) is 5.88 Å². The number of benzene rings is 1. The van der Waals surface area contributed by atoms with E-state index in [4.69, 9.17) is 4.74 Å². The van der Waals surface area contributed by atoms with Crippen LogP contribution in [0.4, 0.5) is 5.69 Å². The first kappa shape index (κ1) is 15.3. The number of carbonyl (C=O) groups excluding carboxylic acids is 2. The van der Waals surface area contributed by atoms with E-state index >= 15 is 0 Å². The first-order chi connectivity index (χ1) is 11.2. The highest BCUT2D eigenvalue weighted by molar-refractivity contribution is 6.05. The lowest BCUT2D eigenvalue weighted by atomic mass is 10.1. The number of nitrogens with zero attached hydrogens (tertiary/aromatic N) is 1. The molecule has 1 atom stereocenters. The van der Waals surface area contributed by atoms with Crippen LogP contribution in [0.25, 0.3) is 10.8 Å². The summed E-state index contributed by atoms with van der Waals surface area (Å²) in [5, 5.41) is 7.38. The van der Waals surface area contributed by atoms with E-state index in [-0.39, 0.29) is 11.8 Å². The molecule has 1 aromatic carbocycles. The number of pyridine rings is 1. The molecule has 1 aromatic heterocycles. The maximum absolute atomic E-state index is 12.5. The lowest BCUT2D eigenvalue weighted by Crippen LogP contribution is -2.42. The van der Waals surface area contributed by atoms with Crippen molar-refractivity contribution in [3.63, 3.8) is 0 Å². The van der Waals surface area contributed by atoms with Crippen LogP contribution < -0.4 is 15.4 Å². The quantitative estimate of drug-likeness (QED) is 0.910. The standard InChI is InChI=1S/C17H19N3O3/c1-23-17-12-5-4-7-13(11(12)9-10-18-17)20-16(22)14-6-2-3-8-15(21)19-14/h4-5,7,9-10,14H,2-3,6,8H2,1H3,(H,19,21)(H,20,22). The Hall–Kier alpha value is -2.63. The largest absolute Gasteiger partial charge is 0.481 e. The molecule has 120 valence electrons. The van der Waals surface area contributed by atoms with Crippen LogP contribution in [-0.4, -0.2) is 29.9 Å². The van der Waals surface area contributed by atoms with Gasteiger partial charge in [-0.1, -0.05) is 12.5 Å². The van der Waals surface area contributed by atoms with Crippen LogP contribution in [0, 0.1) is 0 Å². The molecule has 23 heavy (non-hydrogen) atoms. The molecule has 1 saturated heterocycles. The Kier molecular flexibility index (Phi) is 4.41. The summed E-state index contributed by atoms with van der Waals surface area (Å²) in [6.07, 6.45) is 4.48. The lowest BCUT2D eigenvalue weighted by molar-refractivity contribution is -0.125. The van der Waals surface area contributed by atoms with E-state index in [0.29, 0.717) is 24.4 Å². The van der Waals surface area contributed by atoms with Crippen molar-refractivity contribution in [3.8, 4) is 5.88 Å². The first-order valence-electron chi connectivity index (χ1n) is 7.71. The minimum Gasteiger partial charge on any atom is -0.481 e. The number of ether oxygens (including phenoxy) is 1.